The van der Waals surface area contributed by atoms with E-state index in [0.29, 0.717) is 6.61 Å². The quantitative estimate of drug-likeness (QED) is 0.354. The predicted molar refractivity (Wildman–Crippen MR) is 116 cm³/mol. The van der Waals surface area contributed by atoms with Gasteiger partial charge in [-0.3, -0.25) is 0 Å². The topological polar surface area (TPSA) is 9.23 Å². The molecular weight excluding hydrogens is 328 g/mol. The molecule has 1 aliphatic carbocycles. The lowest BCUT2D eigenvalue weighted by Gasteiger charge is -2.27. The van der Waals surface area contributed by atoms with E-state index in [0.717, 1.165) is 24.9 Å². The normalized spacial score (nSPS) is 20.0. The lowest BCUT2D eigenvalue weighted by molar-refractivity contribution is 0.125. The maximum atomic E-state index is 5.71. The summed E-state index contributed by atoms with van der Waals surface area (Å²) in [4.78, 5) is 0. The molecule has 0 aromatic heterocycles. The lowest BCUT2D eigenvalue weighted by atomic mass is 9.78. The Balaban J connectivity index is 1.54. The van der Waals surface area contributed by atoms with Gasteiger partial charge in [-0.2, -0.15) is 0 Å². The van der Waals surface area contributed by atoms with Crippen molar-refractivity contribution >= 4 is 0 Å². The molecule has 142 valence electrons. The van der Waals surface area contributed by atoms with E-state index < -0.39 is 0 Å². The number of benzene rings is 2. The number of allylic oxidation sites excluding steroid dienone is 2. The Bertz CT molecular complexity index is 716. The zero-order valence-corrected chi connectivity index (χ0v) is 16.6. The Morgan fingerprint density at radius 3 is 2.15 bits per heavy atom. The second-order valence-electron chi connectivity index (χ2n) is 7.58. The van der Waals surface area contributed by atoms with Crippen molar-refractivity contribution in [2.24, 2.45) is 5.92 Å². The zero-order chi connectivity index (χ0) is 18.9. The lowest BCUT2D eigenvalue weighted by Crippen LogP contribution is -2.11. The van der Waals surface area contributed by atoms with Gasteiger partial charge in [-0.25, -0.2) is 0 Å². The molecule has 0 aliphatic heterocycles. The molecule has 2 aromatic carbocycles. The maximum Gasteiger partial charge on any atom is 0.0717 e. The Morgan fingerprint density at radius 2 is 1.56 bits per heavy atom. The van der Waals surface area contributed by atoms with Gasteiger partial charge in [0.2, 0.25) is 0 Å². The Morgan fingerprint density at radius 1 is 0.926 bits per heavy atom. The maximum absolute atomic E-state index is 5.71. The van der Waals surface area contributed by atoms with Crippen molar-refractivity contribution in [1.29, 1.82) is 0 Å². The van der Waals surface area contributed by atoms with Crippen molar-refractivity contribution in [1.82, 2.24) is 0 Å². The average Bonchev–Trinajstić information content (AvgIpc) is 2.74. The molecule has 1 aliphatic rings. The first-order valence-corrected chi connectivity index (χ1v) is 10.3. The van der Waals surface area contributed by atoms with Gasteiger partial charge in [-0.05, 0) is 73.1 Å². The number of rotatable bonds is 8. The van der Waals surface area contributed by atoms with E-state index in [1.165, 1.54) is 47.9 Å². The summed E-state index contributed by atoms with van der Waals surface area (Å²) in [6.45, 7) is 7.46. The third kappa shape index (κ3) is 5.68. The third-order valence-electron chi connectivity index (χ3n) is 5.71. The highest BCUT2D eigenvalue weighted by atomic mass is 16.5. The molecule has 1 saturated carbocycles. The molecule has 0 radical (unpaired) electrons. The molecule has 0 N–H and O–H groups in total. The van der Waals surface area contributed by atoms with Crippen LogP contribution in [0.25, 0.3) is 11.1 Å². The largest absolute Gasteiger partial charge is 0.376 e. The SMILES string of the molecule is C=CC1CCC(c2ccc(-c3ccc(COCCC=CC)cc3)cc2)CC1. The summed E-state index contributed by atoms with van der Waals surface area (Å²) in [5, 5.41) is 0. The third-order valence-corrected chi connectivity index (χ3v) is 5.71. The first kappa shape index (κ1) is 19.6. The molecule has 2 aromatic rings. The van der Waals surface area contributed by atoms with E-state index in [-0.39, 0.29) is 0 Å². The van der Waals surface area contributed by atoms with E-state index in [1.807, 2.05) is 6.92 Å². The van der Waals surface area contributed by atoms with Crippen molar-refractivity contribution in [3.63, 3.8) is 0 Å². The van der Waals surface area contributed by atoms with Gasteiger partial charge in [-0.1, -0.05) is 66.8 Å². The van der Waals surface area contributed by atoms with Crippen LogP contribution in [-0.4, -0.2) is 6.61 Å². The molecule has 0 amide bonds. The molecule has 0 saturated heterocycles. The molecule has 1 fully saturated rings. The molecule has 0 unspecified atom stereocenters. The first-order chi connectivity index (χ1) is 13.3. The van der Waals surface area contributed by atoms with Crippen molar-refractivity contribution in [2.45, 2.75) is 51.6 Å². The van der Waals surface area contributed by atoms with Gasteiger partial charge in [0.15, 0.2) is 0 Å². The summed E-state index contributed by atoms with van der Waals surface area (Å²) >= 11 is 0. The van der Waals surface area contributed by atoms with Crippen molar-refractivity contribution in [3.8, 4) is 11.1 Å². The fourth-order valence-corrected chi connectivity index (χ4v) is 3.94. The standard InChI is InChI=1S/C26H32O/c1-3-5-6-19-27-20-22-9-13-24(14-10-22)26-17-15-25(16-18-26)23-11-7-21(4-2)8-12-23/h3-5,9-10,13-18,21,23H,2,6-8,11-12,19-20H2,1H3. The zero-order valence-electron chi connectivity index (χ0n) is 16.6. The van der Waals surface area contributed by atoms with Gasteiger partial charge in [0.05, 0.1) is 13.2 Å². The second-order valence-corrected chi connectivity index (χ2v) is 7.58. The van der Waals surface area contributed by atoms with Gasteiger partial charge in [-0.15, -0.1) is 6.58 Å². The van der Waals surface area contributed by atoms with Crippen LogP contribution >= 0.6 is 0 Å². The Hall–Kier alpha value is -2.12. The van der Waals surface area contributed by atoms with Crippen molar-refractivity contribution in [3.05, 3.63) is 84.5 Å². The summed E-state index contributed by atoms with van der Waals surface area (Å²) in [5.41, 5.74) is 5.29. The van der Waals surface area contributed by atoms with Gasteiger partial charge in [0, 0.05) is 0 Å². The van der Waals surface area contributed by atoms with E-state index in [2.05, 4.69) is 73.3 Å². The van der Waals surface area contributed by atoms with E-state index in [9.17, 15) is 0 Å². The van der Waals surface area contributed by atoms with E-state index >= 15 is 0 Å². The molecule has 1 heteroatoms. The van der Waals surface area contributed by atoms with Crippen LogP contribution < -0.4 is 0 Å². The molecule has 0 bridgehead atoms. The van der Waals surface area contributed by atoms with Gasteiger partial charge in [0.25, 0.3) is 0 Å². The summed E-state index contributed by atoms with van der Waals surface area (Å²) in [6.07, 6.45) is 12.5. The van der Waals surface area contributed by atoms with E-state index in [1.54, 1.807) is 0 Å². The minimum absolute atomic E-state index is 0.685. The summed E-state index contributed by atoms with van der Waals surface area (Å²) in [5.74, 6) is 1.45. The molecule has 0 heterocycles. The van der Waals surface area contributed by atoms with Crippen LogP contribution in [-0.2, 0) is 11.3 Å². The average molecular weight is 361 g/mol. The number of hydrogen-bond donors (Lipinski definition) is 0. The van der Waals surface area contributed by atoms with Crippen LogP contribution in [0.4, 0.5) is 0 Å². The predicted octanol–water partition coefficient (Wildman–Crippen LogP) is 7.30. The smallest absolute Gasteiger partial charge is 0.0717 e. The van der Waals surface area contributed by atoms with Gasteiger partial charge >= 0.3 is 0 Å². The van der Waals surface area contributed by atoms with E-state index in [4.69, 9.17) is 4.74 Å². The van der Waals surface area contributed by atoms with Crippen LogP contribution in [0.2, 0.25) is 0 Å². The minimum atomic E-state index is 0.685. The molecule has 27 heavy (non-hydrogen) atoms. The highest BCUT2D eigenvalue weighted by Gasteiger charge is 2.20. The van der Waals surface area contributed by atoms with Gasteiger partial charge < -0.3 is 4.74 Å². The fraction of sp³-hybridized carbons (Fsp3) is 0.385. The van der Waals surface area contributed by atoms with Crippen LogP contribution in [0.5, 0.6) is 0 Å². The fourth-order valence-electron chi connectivity index (χ4n) is 3.94. The van der Waals surface area contributed by atoms with Crippen LogP contribution in [0.3, 0.4) is 0 Å². The first-order valence-electron chi connectivity index (χ1n) is 10.3. The van der Waals surface area contributed by atoms with Crippen LogP contribution in [0, 0.1) is 5.92 Å². The molecule has 0 spiro atoms. The molecular formula is C26H32O. The summed E-state index contributed by atoms with van der Waals surface area (Å²) in [7, 11) is 0. The molecule has 3 rings (SSSR count). The number of ether oxygens (including phenoxy) is 1. The second kappa shape index (κ2) is 10.3. The highest BCUT2D eigenvalue weighted by molar-refractivity contribution is 5.64. The highest BCUT2D eigenvalue weighted by Crippen LogP contribution is 2.36. The van der Waals surface area contributed by atoms with Crippen molar-refractivity contribution < 1.29 is 4.74 Å². The minimum Gasteiger partial charge on any atom is -0.376 e. The molecule has 0 atom stereocenters. The summed E-state index contributed by atoms with van der Waals surface area (Å²) < 4.78 is 5.71. The summed E-state index contributed by atoms with van der Waals surface area (Å²) in [6, 6.07) is 18.0. The van der Waals surface area contributed by atoms with Gasteiger partial charge in [0.1, 0.15) is 0 Å². The Labute approximate surface area is 164 Å². The number of hydrogen-bond acceptors (Lipinski definition) is 1. The Kier molecular flexibility index (Phi) is 7.47. The molecule has 1 nitrogen and oxygen atoms in total. The van der Waals surface area contributed by atoms with Crippen LogP contribution in [0.15, 0.2) is 73.3 Å². The van der Waals surface area contributed by atoms with Crippen LogP contribution in [0.1, 0.15) is 56.1 Å². The van der Waals surface area contributed by atoms with Crippen molar-refractivity contribution in [2.75, 3.05) is 6.61 Å². The monoisotopic (exact) mass is 360 g/mol.